The highest BCUT2D eigenvalue weighted by Gasteiger charge is 2.32. The molecule has 3 rings (SSSR count). The van der Waals surface area contributed by atoms with Gasteiger partial charge in [-0.15, -0.1) is 0 Å². The monoisotopic (exact) mass is 519 g/mol. The highest BCUT2D eigenvalue weighted by atomic mass is 35.5. The molecule has 2 aromatic carbocycles. The van der Waals surface area contributed by atoms with Crippen LogP contribution in [-0.4, -0.2) is 19.5 Å². The van der Waals surface area contributed by atoms with Crippen LogP contribution in [0.15, 0.2) is 53.4 Å². The van der Waals surface area contributed by atoms with Crippen molar-refractivity contribution in [1.82, 2.24) is 4.72 Å². The molecule has 7 heteroatoms. The number of sulfonamides is 1. The first kappa shape index (κ1) is 27.7. The van der Waals surface area contributed by atoms with Crippen LogP contribution in [0.2, 0.25) is 5.02 Å². The summed E-state index contributed by atoms with van der Waals surface area (Å²) in [5, 5.41) is 9.38. The smallest absolute Gasteiger partial charge is 0.303 e. The Balaban J connectivity index is 1.75. The van der Waals surface area contributed by atoms with E-state index in [1.54, 1.807) is 12.1 Å². The molecule has 192 valence electrons. The zero-order chi connectivity index (χ0) is 25.3. The normalized spacial score (nSPS) is 19.4. The second-order valence-corrected chi connectivity index (χ2v) is 12.0. The minimum atomic E-state index is -3.71. The van der Waals surface area contributed by atoms with E-state index < -0.39 is 16.0 Å². The number of aryl methyl sites for hydroxylation is 1. The first-order chi connectivity index (χ1) is 16.8. The lowest BCUT2D eigenvalue weighted by atomic mass is 9.75. The van der Waals surface area contributed by atoms with Gasteiger partial charge in [0.15, 0.2) is 0 Å². The standard InChI is InChI=1S/C28H38ClNO4S/c1-2-3-4-6-21-9-13-23(14-10-21)28(30-35(33,34)26-19-17-25(29)18-20-26)24-15-11-22(12-16-24)7-5-8-27(31)32/h11-12,15-21,23,28,30H,2-10,13-14H2,1H3,(H,31,32)/t21-,23-,28?. The van der Waals surface area contributed by atoms with E-state index in [1.165, 1.54) is 37.8 Å². The molecule has 1 unspecified atom stereocenters. The topological polar surface area (TPSA) is 83.5 Å². The Morgan fingerprint density at radius 2 is 1.66 bits per heavy atom. The van der Waals surface area contributed by atoms with E-state index in [0.717, 1.165) is 42.7 Å². The lowest BCUT2D eigenvalue weighted by molar-refractivity contribution is -0.137. The van der Waals surface area contributed by atoms with Gasteiger partial charge >= 0.3 is 5.97 Å². The summed E-state index contributed by atoms with van der Waals surface area (Å²) in [7, 11) is -3.71. The number of aliphatic carboxylic acids is 1. The van der Waals surface area contributed by atoms with Crippen LogP contribution in [0.4, 0.5) is 0 Å². The third kappa shape index (κ3) is 8.62. The van der Waals surface area contributed by atoms with Gasteiger partial charge in [-0.25, -0.2) is 13.1 Å². The van der Waals surface area contributed by atoms with Crippen molar-refractivity contribution in [2.45, 2.75) is 88.5 Å². The van der Waals surface area contributed by atoms with Crippen LogP contribution in [-0.2, 0) is 21.2 Å². The van der Waals surface area contributed by atoms with Crippen molar-refractivity contribution in [2.75, 3.05) is 0 Å². The number of carbonyl (C=O) groups is 1. The Morgan fingerprint density at radius 3 is 2.26 bits per heavy atom. The minimum Gasteiger partial charge on any atom is -0.481 e. The molecule has 0 amide bonds. The number of carboxylic acid groups (broad SMARTS) is 1. The van der Waals surface area contributed by atoms with Crippen LogP contribution >= 0.6 is 11.6 Å². The summed E-state index contributed by atoms with van der Waals surface area (Å²) in [4.78, 5) is 11.0. The van der Waals surface area contributed by atoms with E-state index in [1.807, 2.05) is 24.3 Å². The molecule has 35 heavy (non-hydrogen) atoms. The van der Waals surface area contributed by atoms with Crippen LogP contribution < -0.4 is 4.72 Å². The molecule has 5 nitrogen and oxygen atoms in total. The van der Waals surface area contributed by atoms with Crippen molar-refractivity contribution < 1.29 is 18.3 Å². The summed E-state index contributed by atoms with van der Waals surface area (Å²) in [5.41, 5.74) is 2.02. The Hall–Kier alpha value is -1.89. The molecule has 1 fully saturated rings. The summed E-state index contributed by atoms with van der Waals surface area (Å²) < 4.78 is 29.6. The molecule has 1 atom stereocenters. The van der Waals surface area contributed by atoms with Gasteiger partial charge in [-0.2, -0.15) is 0 Å². The average molecular weight is 520 g/mol. The van der Waals surface area contributed by atoms with Crippen molar-refractivity contribution in [1.29, 1.82) is 0 Å². The largest absolute Gasteiger partial charge is 0.481 e. The van der Waals surface area contributed by atoms with Gasteiger partial charge in [0.1, 0.15) is 0 Å². The molecule has 1 aliphatic rings. The van der Waals surface area contributed by atoms with Crippen molar-refractivity contribution in [2.24, 2.45) is 11.8 Å². The molecule has 0 aliphatic heterocycles. The van der Waals surface area contributed by atoms with Gasteiger partial charge in [0, 0.05) is 17.5 Å². The number of rotatable bonds is 13. The van der Waals surface area contributed by atoms with Crippen molar-refractivity contribution >= 4 is 27.6 Å². The molecule has 0 radical (unpaired) electrons. The zero-order valence-electron chi connectivity index (χ0n) is 20.6. The summed E-state index contributed by atoms with van der Waals surface area (Å²) >= 11 is 5.96. The molecular weight excluding hydrogens is 482 g/mol. The van der Waals surface area contributed by atoms with Gasteiger partial charge in [0.25, 0.3) is 0 Å². The quantitative estimate of drug-likeness (QED) is 0.275. The minimum absolute atomic E-state index is 0.146. The first-order valence-corrected chi connectivity index (χ1v) is 14.7. The summed E-state index contributed by atoms with van der Waals surface area (Å²) in [5.74, 6) is 0.184. The second-order valence-electron chi connectivity index (χ2n) is 9.82. The Morgan fingerprint density at radius 1 is 1.00 bits per heavy atom. The molecule has 0 saturated heterocycles. The lowest BCUT2D eigenvalue weighted by Crippen LogP contribution is -2.35. The van der Waals surface area contributed by atoms with Crippen molar-refractivity contribution in [3.8, 4) is 0 Å². The number of halogens is 1. The van der Waals surface area contributed by atoms with Crippen molar-refractivity contribution in [3.63, 3.8) is 0 Å². The Bertz CT molecular complexity index is 1030. The Labute approximate surface area is 215 Å². The maximum atomic E-state index is 13.3. The fourth-order valence-corrected chi connectivity index (χ4v) is 6.53. The number of unbranched alkanes of at least 4 members (excludes halogenated alkanes) is 2. The van der Waals surface area contributed by atoms with Gasteiger partial charge in [0.2, 0.25) is 10.0 Å². The fraction of sp³-hybridized carbons (Fsp3) is 0.536. The predicted molar refractivity (Wildman–Crippen MR) is 141 cm³/mol. The Kier molecular flexibility index (Phi) is 10.6. The molecule has 0 bridgehead atoms. The third-order valence-electron chi connectivity index (χ3n) is 7.18. The predicted octanol–water partition coefficient (Wildman–Crippen LogP) is 7.15. The van der Waals surface area contributed by atoms with E-state index in [4.69, 9.17) is 16.7 Å². The molecular formula is C28H38ClNO4S. The molecule has 1 aliphatic carbocycles. The first-order valence-electron chi connectivity index (χ1n) is 12.9. The number of hydrogen-bond donors (Lipinski definition) is 2. The molecule has 0 aromatic heterocycles. The second kappa shape index (κ2) is 13.4. The van der Waals surface area contributed by atoms with Gasteiger partial charge < -0.3 is 5.11 Å². The van der Waals surface area contributed by atoms with Crippen LogP contribution in [0.3, 0.4) is 0 Å². The maximum Gasteiger partial charge on any atom is 0.303 e. The molecule has 1 saturated carbocycles. The van der Waals surface area contributed by atoms with Gasteiger partial charge in [-0.3, -0.25) is 4.79 Å². The molecule has 2 N–H and O–H groups in total. The number of carboxylic acids is 1. The van der Waals surface area contributed by atoms with Crippen LogP contribution in [0, 0.1) is 11.8 Å². The number of nitrogens with one attached hydrogen (secondary N) is 1. The van der Waals surface area contributed by atoms with E-state index >= 15 is 0 Å². The number of benzene rings is 2. The van der Waals surface area contributed by atoms with Gasteiger partial charge in [0.05, 0.1) is 4.90 Å². The zero-order valence-corrected chi connectivity index (χ0v) is 22.2. The van der Waals surface area contributed by atoms with Gasteiger partial charge in [-0.05, 0) is 72.9 Å². The van der Waals surface area contributed by atoms with Gasteiger partial charge in [-0.1, -0.05) is 81.3 Å². The van der Waals surface area contributed by atoms with E-state index in [0.29, 0.717) is 17.9 Å². The van der Waals surface area contributed by atoms with Crippen LogP contribution in [0.25, 0.3) is 0 Å². The summed E-state index contributed by atoms with van der Waals surface area (Å²) in [6.45, 7) is 2.23. The van der Waals surface area contributed by atoms with Crippen LogP contribution in [0.5, 0.6) is 0 Å². The SMILES string of the molecule is CCCCC[C@H]1CC[C@H](C(NS(=O)(=O)c2ccc(Cl)cc2)c2ccc(CCCC(=O)O)cc2)CC1. The summed E-state index contributed by atoms with van der Waals surface area (Å²) in [6.07, 6.45) is 10.8. The van der Waals surface area contributed by atoms with E-state index in [9.17, 15) is 13.2 Å². The highest BCUT2D eigenvalue weighted by Crippen LogP contribution is 2.39. The average Bonchev–Trinajstić information content (AvgIpc) is 2.84. The van der Waals surface area contributed by atoms with E-state index in [-0.39, 0.29) is 23.3 Å². The highest BCUT2D eigenvalue weighted by molar-refractivity contribution is 7.89. The molecule has 0 heterocycles. The van der Waals surface area contributed by atoms with Crippen LogP contribution in [0.1, 0.15) is 88.3 Å². The molecule has 0 spiro atoms. The third-order valence-corrected chi connectivity index (χ3v) is 8.89. The molecule has 2 aromatic rings. The number of hydrogen-bond acceptors (Lipinski definition) is 3. The maximum absolute atomic E-state index is 13.3. The fourth-order valence-electron chi connectivity index (χ4n) is 5.11. The van der Waals surface area contributed by atoms with Crippen molar-refractivity contribution in [3.05, 3.63) is 64.7 Å². The summed E-state index contributed by atoms with van der Waals surface area (Å²) in [6, 6.07) is 14.0. The lowest BCUT2D eigenvalue weighted by Gasteiger charge is -2.34. The van der Waals surface area contributed by atoms with E-state index in [2.05, 4.69) is 11.6 Å².